The molecular weight excluding hydrogens is 422 g/mol. The highest BCUT2D eigenvalue weighted by Gasteiger charge is 2.29. The Morgan fingerprint density at radius 1 is 1.22 bits per heavy atom. The minimum absolute atomic E-state index is 0. The first-order valence-corrected chi connectivity index (χ1v) is 7.17. The van der Waals surface area contributed by atoms with Gasteiger partial charge in [0.15, 0.2) is 5.96 Å². The first kappa shape index (κ1) is 21.8. The highest BCUT2D eigenvalue weighted by molar-refractivity contribution is 14.0. The monoisotopic (exact) mass is 445 g/mol. The lowest BCUT2D eigenvalue weighted by Gasteiger charge is -2.14. The number of hydrogen-bond acceptors (Lipinski definition) is 2. The first-order valence-electron chi connectivity index (χ1n) is 7.17. The van der Waals surface area contributed by atoms with Crippen molar-refractivity contribution < 1.29 is 17.9 Å². The average Bonchev–Trinajstić information content (AvgIpc) is 2.42. The molecule has 0 saturated heterocycles. The molecule has 0 fully saturated rings. The fourth-order valence-electron chi connectivity index (χ4n) is 1.65. The molecule has 8 heteroatoms. The number of ether oxygens (including phenoxy) is 1. The zero-order valence-electron chi connectivity index (χ0n) is 13.4. The molecule has 0 atom stereocenters. The Morgan fingerprint density at radius 3 is 2.30 bits per heavy atom. The number of alkyl halides is 3. The molecule has 0 aliphatic heterocycles. The van der Waals surface area contributed by atoms with Crippen molar-refractivity contribution in [2.75, 3.05) is 19.7 Å². The van der Waals surface area contributed by atoms with Crippen molar-refractivity contribution in [3.05, 3.63) is 29.8 Å². The molecule has 23 heavy (non-hydrogen) atoms. The summed E-state index contributed by atoms with van der Waals surface area (Å²) in [5.74, 6) is 1.08. The molecular formula is C15H23F3IN3O. The molecule has 0 spiro atoms. The summed E-state index contributed by atoms with van der Waals surface area (Å²) in [4.78, 5) is 4.31. The Bertz CT molecular complexity index is 476. The minimum atomic E-state index is -4.33. The second kappa shape index (κ2) is 10.6. The number of benzene rings is 1. The number of rotatable bonds is 6. The van der Waals surface area contributed by atoms with Crippen LogP contribution in [0.4, 0.5) is 13.2 Å². The zero-order chi connectivity index (χ0) is 16.6. The lowest BCUT2D eigenvalue weighted by Crippen LogP contribution is -2.41. The van der Waals surface area contributed by atoms with Gasteiger partial charge in [0.2, 0.25) is 0 Å². The van der Waals surface area contributed by atoms with Gasteiger partial charge in [0.1, 0.15) is 12.4 Å². The third kappa shape index (κ3) is 8.87. The average molecular weight is 445 g/mol. The number of hydrogen-bond donors (Lipinski definition) is 2. The van der Waals surface area contributed by atoms with Crippen LogP contribution in [0.3, 0.4) is 0 Å². The van der Waals surface area contributed by atoms with Crippen LogP contribution >= 0.6 is 24.0 Å². The van der Waals surface area contributed by atoms with E-state index in [-0.39, 0.29) is 30.0 Å². The first-order chi connectivity index (χ1) is 10.3. The maximum absolute atomic E-state index is 12.4. The minimum Gasteiger partial charge on any atom is -0.492 e. The van der Waals surface area contributed by atoms with Crippen LogP contribution in [0.2, 0.25) is 0 Å². The molecule has 0 aliphatic carbocycles. The van der Waals surface area contributed by atoms with Crippen LogP contribution in [-0.2, 0) is 6.18 Å². The molecule has 0 unspecified atom stereocenters. The van der Waals surface area contributed by atoms with E-state index < -0.39 is 11.7 Å². The standard InChI is InChI=1S/C15H22F3N3O.HI/c1-4-19-14(21-11(2)3)20-9-10-22-13-7-5-12(6-8-13)15(16,17)18;/h5-8,11H,4,9-10H2,1-3H3,(H2,19,20,21);1H. The van der Waals surface area contributed by atoms with Crippen LogP contribution in [0.1, 0.15) is 26.3 Å². The Hall–Kier alpha value is -1.19. The molecule has 0 aromatic heterocycles. The predicted octanol–water partition coefficient (Wildman–Crippen LogP) is 3.67. The van der Waals surface area contributed by atoms with Gasteiger partial charge in [-0.1, -0.05) is 0 Å². The largest absolute Gasteiger partial charge is 0.492 e. The van der Waals surface area contributed by atoms with Gasteiger partial charge in [-0.15, -0.1) is 24.0 Å². The summed E-state index contributed by atoms with van der Waals surface area (Å²) in [6.07, 6.45) is -4.33. The number of guanidine groups is 1. The molecule has 1 aromatic rings. The van der Waals surface area contributed by atoms with Crippen molar-refractivity contribution in [1.29, 1.82) is 0 Å². The number of halogens is 4. The molecule has 1 rings (SSSR count). The van der Waals surface area contributed by atoms with Crippen LogP contribution in [0.5, 0.6) is 5.75 Å². The van der Waals surface area contributed by atoms with E-state index in [1.807, 2.05) is 20.8 Å². The quantitative estimate of drug-likeness (QED) is 0.304. The summed E-state index contributed by atoms with van der Waals surface area (Å²) in [5, 5.41) is 6.26. The topological polar surface area (TPSA) is 45.7 Å². The Kier molecular flexibility index (Phi) is 10.0. The van der Waals surface area contributed by atoms with Crippen LogP contribution < -0.4 is 15.4 Å². The van der Waals surface area contributed by atoms with Crippen LogP contribution in [0, 0.1) is 0 Å². The second-order valence-corrected chi connectivity index (χ2v) is 4.93. The number of aliphatic imine (C=N–C) groups is 1. The van der Waals surface area contributed by atoms with Gasteiger partial charge < -0.3 is 15.4 Å². The third-order valence-electron chi connectivity index (χ3n) is 2.58. The van der Waals surface area contributed by atoms with Gasteiger partial charge in [-0.05, 0) is 45.0 Å². The smallest absolute Gasteiger partial charge is 0.416 e. The highest BCUT2D eigenvalue weighted by Crippen LogP contribution is 2.30. The summed E-state index contributed by atoms with van der Waals surface area (Å²) in [5.41, 5.74) is -0.687. The van der Waals surface area contributed by atoms with Crippen LogP contribution in [-0.4, -0.2) is 31.7 Å². The van der Waals surface area contributed by atoms with Gasteiger partial charge in [0.05, 0.1) is 12.1 Å². The van der Waals surface area contributed by atoms with Crippen molar-refractivity contribution in [3.8, 4) is 5.75 Å². The van der Waals surface area contributed by atoms with Gasteiger partial charge >= 0.3 is 6.18 Å². The Balaban J connectivity index is 0.00000484. The molecule has 2 N–H and O–H groups in total. The van der Waals surface area contributed by atoms with E-state index in [1.165, 1.54) is 12.1 Å². The van der Waals surface area contributed by atoms with Gasteiger partial charge in [-0.25, -0.2) is 4.99 Å². The summed E-state index contributed by atoms with van der Waals surface area (Å²) < 4.78 is 42.6. The van der Waals surface area contributed by atoms with E-state index in [9.17, 15) is 13.2 Å². The van der Waals surface area contributed by atoms with E-state index in [2.05, 4.69) is 15.6 Å². The van der Waals surface area contributed by atoms with E-state index in [0.717, 1.165) is 18.7 Å². The van der Waals surface area contributed by atoms with Crippen molar-refractivity contribution in [2.45, 2.75) is 33.0 Å². The number of nitrogens with one attached hydrogen (secondary N) is 2. The zero-order valence-corrected chi connectivity index (χ0v) is 15.7. The normalized spacial score (nSPS) is 11.9. The summed E-state index contributed by atoms with van der Waals surface area (Å²) in [6, 6.07) is 4.88. The summed E-state index contributed by atoms with van der Waals surface area (Å²) in [6.45, 7) is 7.43. The molecule has 1 aromatic carbocycles. The molecule has 0 heterocycles. The summed E-state index contributed by atoms with van der Waals surface area (Å²) in [7, 11) is 0. The molecule has 0 aliphatic rings. The van der Waals surface area contributed by atoms with Crippen molar-refractivity contribution in [2.24, 2.45) is 4.99 Å². The van der Waals surface area contributed by atoms with Crippen molar-refractivity contribution in [1.82, 2.24) is 10.6 Å². The molecule has 0 bridgehead atoms. The Labute approximate surface area is 151 Å². The van der Waals surface area contributed by atoms with Crippen molar-refractivity contribution in [3.63, 3.8) is 0 Å². The fraction of sp³-hybridized carbons (Fsp3) is 0.533. The van der Waals surface area contributed by atoms with Crippen LogP contribution in [0.15, 0.2) is 29.3 Å². The van der Waals surface area contributed by atoms with E-state index in [0.29, 0.717) is 24.9 Å². The van der Waals surface area contributed by atoms with Crippen molar-refractivity contribution >= 4 is 29.9 Å². The predicted molar refractivity (Wildman–Crippen MR) is 96.6 cm³/mol. The van der Waals surface area contributed by atoms with E-state index in [4.69, 9.17) is 4.74 Å². The van der Waals surface area contributed by atoms with E-state index in [1.54, 1.807) is 0 Å². The van der Waals surface area contributed by atoms with E-state index >= 15 is 0 Å². The summed E-state index contributed by atoms with van der Waals surface area (Å²) >= 11 is 0. The SMILES string of the molecule is CCNC(=NCCOc1ccc(C(F)(F)F)cc1)NC(C)C.I. The van der Waals surface area contributed by atoms with Gasteiger partial charge in [0.25, 0.3) is 0 Å². The fourth-order valence-corrected chi connectivity index (χ4v) is 1.65. The third-order valence-corrected chi connectivity index (χ3v) is 2.58. The van der Waals surface area contributed by atoms with Gasteiger partial charge in [0, 0.05) is 12.6 Å². The molecule has 0 saturated carbocycles. The molecule has 132 valence electrons. The molecule has 0 amide bonds. The molecule has 4 nitrogen and oxygen atoms in total. The van der Waals surface area contributed by atoms with Gasteiger partial charge in [-0.3, -0.25) is 0 Å². The number of nitrogens with zero attached hydrogens (tertiary/aromatic N) is 1. The molecule has 0 radical (unpaired) electrons. The Morgan fingerprint density at radius 2 is 1.83 bits per heavy atom. The van der Waals surface area contributed by atoms with Crippen LogP contribution in [0.25, 0.3) is 0 Å². The van der Waals surface area contributed by atoms with Gasteiger partial charge in [-0.2, -0.15) is 13.2 Å². The lowest BCUT2D eigenvalue weighted by atomic mass is 10.2. The second-order valence-electron chi connectivity index (χ2n) is 4.93. The maximum Gasteiger partial charge on any atom is 0.416 e. The highest BCUT2D eigenvalue weighted by atomic mass is 127. The lowest BCUT2D eigenvalue weighted by molar-refractivity contribution is -0.137. The maximum atomic E-state index is 12.4.